The number of rotatable bonds is 4. The molecule has 3 aromatic heterocycles. The van der Waals surface area contributed by atoms with Crippen LogP contribution < -0.4 is 4.90 Å². The molecule has 1 fully saturated rings. The minimum Gasteiger partial charge on any atom is -0.361 e. The molecule has 0 aliphatic carbocycles. The summed E-state index contributed by atoms with van der Waals surface area (Å²) >= 11 is 0. The maximum absolute atomic E-state index is 12.8. The van der Waals surface area contributed by atoms with E-state index < -0.39 is 0 Å². The van der Waals surface area contributed by atoms with Crippen LogP contribution in [0.25, 0.3) is 16.6 Å². The molecule has 4 heterocycles. The van der Waals surface area contributed by atoms with Crippen LogP contribution in [0.15, 0.2) is 40.9 Å². The molecule has 0 atom stereocenters. The molecule has 4 aromatic rings. The summed E-state index contributed by atoms with van der Waals surface area (Å²) in [5.41, 5.74) is 2.15. The van der Waals surface area contributed by atoms with Gasteiger partial charge in [0.05, 0.1) is 6.42 Å². The third-order valence-electron chi connectivity index (χ3n) is 5.71. The van der Waals surface area contributed by atoms with Gasteiger partial charge >= 0.3 is 0 Å². The first-order chi connectivity index (χ1) is 14.6. The normalized spacial score (nSPS) is 15.2. The van der Waals surface area contributed by atoms with Crippen LogP contribution in [0.2, 0.25) is 0 Å². The first kappa shape index (κ1) is 18.5. The summed E-state index contributed by atoms with van der Waals surface area (Å²) in [6.07, 6.45) is 1.92. The summed E-state index contributed by atoms with van der Waals surface area (Å²) in [5, 5.41) is 18.3. The second kappa shape index (κ2) is 7.40. The van der Waals surface area contributed by atoms with Gasteiger partial charge in [0.15, 0.2) is 17.1 Å². The van der Waals surface area contributed by atoms with Crippen LogP contribution in [0.1, 0.15) is 30.3 Å². The van der Waals surface area contributed by atoms with Crippen molar-refractivity contribution in [2.24, 2.45) is 0 Å². The molecule has 0 radical (unpaired) electrons. The van der Waals surface area contributed by atoms with Crippen LogP contribution in [0.3, 0.4) is 0 Å². The highest BCUT2D eigenvalue weighted by Crippen LogP contribution is 2.28. The van der Waals surface area contributed by atoms with Gasteiger partial charge in [0, 0.05) is 38.5 Å². The number of fused-ring (bicyclic) bond motifs is 2. The molecular weight excluding hydrogens is 382 g/mol. The predicted octanol–water partition coefficient (Wildman–Crippen LogP) is 2.28. The summed E-state index contributed by atoms with van der Waals surface area (Å²) in [5.74, 6) is 2.02. The van der Waals surface area contributed by atoms with Crippen LogP contribution >= 0.6 is 0 Å². The Morgan fingerprint density at radius 2 is 1.93 bits per heavy atom. The van der Waals surface area contributed by atoms with E-state index in [2.05, 4.69) is 20.5 Å². The van der Waals surface area contributed by atoms with Crippen molar-refractivity contribution >= 4 is 28.3 Å². The van der Waals surface area contributed by atoms with Gasteiger partial charge in [0.1, 0.15) is 11.5 Å². The number of anilines is 1. The highest BCUT2D eigenvalue weighted by molar-refractivity contribution is 5.86. The third-order valence-corrected chi connectivity index (χ3v) is 5.71. The standard InChI is InChI=1S/C21H23N7O2/c1-26(2)19-8-7-18-22-23-21(28(18)24-19)14-9-11-27(12-10-14)20(29)13-16-15-5-3-4-6-17(15)30-25-16/h3-8,14H,9-13H2,1-2H3. The number of aromatic nitrogens is 5. The molecular formula is C21H23N7O2. The Bertz CT molecular complexity index is 1200. The zero-order valence-corrected chi connectivity index (χ0v) is 17.0. The molecule has 9 heteroatoms. The Labute approximate surface area is 173 Å². The highest BCUT2D eigenvalue weighted by atomic mass is 16.5. The number of likely N-dealkylation sites (tertiary alicyclic amines) is 1. The Morgan fingerprint density at radius 1 is 1.13 bits per heavy atom. The molecule has 154 valence electrons. The molecule has 1 amide bonds. The van der Waals surface area contributed by atoms with Crippen molar-refractivity contribution in [3.8, 4) is 0 Å². The van der Waals surface area contributed by atoms with Crippen molar-refractivity contribution in [3.05, 3.63) is 47.9 Å². The van der Waals surface area contributed by atoms with Crippen LogP contribution in [0.4, 0.5) is 5.82 Å². The smallest absolute Gasteiger partial charge is 0.228 e. The quantitative estimate of drug-likeness (QED) is 0.514. The zero-order chi connectivity index (χ0) is 20.7. The Hall–Kier alpha value is -3.49. The molecule has 1 aliphatic rings. The highest BCUT2D eigenvalue weighted by Gasteiger charge is 2.28. The molecule has 0 bridgehead atoms. The number of amides is 1. The molecule has 1 saturated heterocycles. The molecule has 0 N–H and O–H groups in total. The number of piperidine rings is 1. The molecule has 5 rings (SSSR count). The van der Waals surface area contributed by atoms with E-state index in [4.69, 9.17) is 4.52 Å². The fourth-order valence-corrected chi connectivity index (χ4v) is 4.00. The molecule has 30 heavy (non-hydrogen) atoms. The molecule has 1 aromatic carbocycles. The van der Waals surface area contributed by atoms with Gasteiger partial charge in [0.2, 0.25) is 5.91 Å². The van der Waals surface area contributed by atoms with E-state index in [0.29, 0.717) is 24.4 Å². The van der Waals surface area contributed by atoms with E-state index in [0.717, 1.165) is 35.5 Å². The minimum absolute atomic E-state index is 0.0756. The monoisotopic (exact) mass is 405 g/mol. The fraction of sp³-hybridized carbons (Fsp3) is 0.381. The van der Waals surface area contributed by atoms with Crippen molar-refractivity contribution in [3.63, 3.8) is 0 Å². The maximum atomic E-state index is 12.8. The number of carbonyl (C=O) groups excluding carboxylic acids is 1. The second-order valence-corrected chi connectivity index (χ2v) is 7.87. The zero-order valence-electron chi connectivity index (χ0n) is 17.0. The van der Waals surface area contributed by atoms with E-state index in [9.17, 15) is 4.79 Å². The Morgan fingerprint density at radius 3 is 2.73 bits per heavy atom. The average Bonchev–Trinajstić information content (AvgIpc) is 3.38. The van der Waals surface area contributed by atoms with Gasteiger partial charge in [-0.1, -0.05) is 17.3 Å². The lowest BCUT2D eigenvalue weighted by molar-refractivity contribution is -0.131. The minimum atomic E-state index is 0.0756. The van der Waals surface area contributed by atoms with Crippen LogP contribution in [0.5, 0.6) is 0 Å². The Balaban J connectivity index is 1.28. The van der Waals surface area contributed by atoms with Crippen LogP contribution in [-0.4, -0.2) is 63.0 Å². The molecule has 0 unspecified atom stereocenters. The van der Waals surface area contributed by atoms with E-state index in [1.807, 2.05) is 64.8 Å². The lowest BCUT2D eigenvalue weighted by Crippen LogP contribution is -2.39. The van der Waals surface area contributed by atoms with Gasteiger partial charge in [0.25, 0.3) is 0 Å². The van der Waals surface area contributed by atoms with Gasteiger partial charge in [-0.3, -0.25) is 4.79 Å². The van der Waals surface area contributed by atoms with Crippen molar-refractivity contribution in [1.82, 2.24) is 29.9 Å². The van der Waals surface area contributed by atoms with Gasteiger partial charge in [-0.2, -0.15) is 4.52 Å². The lowest BCUT2D eigenvalue weighted by Gasteiger charge is -2.31. The maximum Gasteiger partial charge on any atom is 0.228 e. The number of benzene rings is 1. The van der Waals surface area contributed by atoms with Crippen molar-refractivity contribution in [2.45, 2.75) is 25.2 Å². The third kappa shape index (κ3) is 3.26. The van der Waals surface area contributed by atoms with E-state index in [-0.39, 0.29) is 18.2 Å². The first-order valence-electron chi connectivity index (χ1n) is 10.1. The van der Waals surface area contributed by atoms with E-state index in [1.165, 1.54) is 0 Å². The van der Waals surface area contributed by atoms with Gasteiger partial charge in [-0.15, -0.1) is 15.3 Å². The van der Waals surface area contributed by atoms with Gasteiger partial charge in [-0.05, 0) is 37.1 Å². The first-order valence-corrected chi connectivity index (χ1v) is 10.1. The van der Waals surface area contributed by atoms with Crippen molar-refractivity contribution < 1.29 is 9.32 Å². The van der Waals surface area contributed by atoms with E-state index >= 15 is 0 Å². The molecule has 0 spiro atoms. The fourth-order valence-electron chi connectivity index (χ4n) is 4.00. The topological polar surface area (TPSA) is 92.7 Å². The average molecular weight is 405 g/mol. The summed E-state index contributed by atoms with van der Waals surface area (Å²) < 4.78 is 7.15. The summed E-state index contributed by atoms with van der Waals surface area (Å²) in [6, 6.07) is 11.5. The van der Waals surface area contributed by atoms with Crippen LogP contribution in [-0.2, 0) is 11.2 Å². The number of hydrogen-bond donors (Lipinski definition) is 0. The Kier molecular flexibility index (Phi) is 4.57. The number of carbonyl (C=O) groups is 1. The largest absolute Gasteiger partial charge is 0.361 e. The van der Waals surface area contributed by atoms with Crippen LogP contribution in [0, 0.1) is 0 Å². The molecule has 9 nitrogen and oxygen atoms in total. The summed E-state index contributed by atoms with van der Waals surface area (Å²) in [6.45, 7) is 1.36. The summed E-state index contributed by atoms with van der Waals surface area (Å²) in [7, 11) is 3.92. The number of hydrogen-bond acceptors (Lipinski definition) is 7. The number of para-hydroxylation sites is 1. The molecule has 1 aliphatic heterocycles. The van der Waals surface area contributed by atoms with Crippen molar-refractivity contribution in [1.29, 1.82) is 0 Å². The van der Waals surface area contributed by atoms with Gasteiger partial charge < -0.3 is 14.3 Å². The number of nitrogens with zero attached hydrogens (tertiary/aromatic N) is 7. The van der Waals surface area contributed by atoms with Crippen molar-refractivity contribution in [2.75, 3.05) is 32.1 Å². The van der Waals surface area contributed by atoms with E-state index in [1.54, 1.807) is 0 Å². The van der Waals surface area contributed by atoms with Gasteiger partial charge in [-0.25, -0.2) is 0 Å². The second-order valence-electron chi connectivity index (χ2n) is 7.87. The molecule has 0 saturated carbocycles. The predicted molar refractivity (Wildman–Crippen MR) is 111 cm³/mol. The SMILES string of the molecule is CN(C)c1ccc2nnc(C3CCN(C(=O)Cc4noc5ccccc45)CC3)n2n1. The summed E-state index contributed by atoms with van der Waals surface area (Å²) in [4.78, 5) is 16.7. The lowest BCUT2D eigenvalue weighted by atomic mass is 9.95.